The number of methoxy groups -OCH3 is 2. The molecule has 1 saturated heterocycles. The van der Waals surface area contributed by atoms with Crippen LogP contribution in [0.5, 0.6) is 0 Å². The zero-order valence-corrected chi connectivity index (χ0v) is 22.2. The molecule has 0 aliphatic carbocycles. The van der Waals surface area contributed by atoms with E-state index in [2.05, 4.69) is 0 Å². The van der Waals surface area contributed by atoms with Gasteiger partial charge in [-0.25, -0.2) is 14.4 Å². The van der Waals surface area contributed by atoms with E-state index in [9.17, 15) is 24.0 Å². The van der Waals surface area contributed by atoms with Crippen molar-refractivity contribution in [2.75, 3.05) is 28.3 Å². The Kier molecular flexibility index (Phi) is 7.30. The highest BCUT2D eigenvalue weighted by molar-refractivity contribution is 6.31. The van der Waals surface area contributed by atoms with Gasteiger partial charge in [-0.05, 0) is 42.0 Å². The van der Waals surface area contributed by atoms with Gasteiger partial charge in [-0.1, -0.05) is 35.3 Å². The number of hydrogen-bond acceptors (Lipinski definition) is 7. The van der Waals surface area contributed by atoms with Crippen LogP contribution in [0.15, 0.2) is 48.5 Å². The molecule has 38 heavy (non-hydrogen) atoms. The minimum atomic E-state index is -1.67. The Morgan fingerprint density at radius 2 is 1.24 bits per heavy atom. The molecule has 0 unspecified atom stereocenters. The Hall–Kier alpha value is -4.15. The van der Waals surface area contributed by atoms with Gasteiger partial charge < -0.3 is 14.0 Å². The summed E-state index contributed by atoms with van der Waals surface area (Å²) < 4.78 is 11.4. The van der Waals surface area contributed by atoms with Crippen molar-refractivity contribution in [1.29, 1.82) is 0 Å². The van der Waals surface area contributed by atoms with E-state index >= 15 is 0 Å². The number of urea groups is 1. The van der Waals surface area contributed by atoms with E-state index in [0.29, 0.717) is 21.3 Å². The molecule has 0 radical (unpaired) electrons. The van der Waals surface area contributed by atoms with Crippen LogP contribution >= 0.6 is 23.2 Å². The molecular weight excluding hydrogens is 537 g/mol. The summed E-state index contributed by atoms with van der Waals surface area (Å²) in [6.45, 7) is 0. The van der Waals surface area contributed by atoms with Gasteiger partial charge in [0.2, 0.25) is 11.8 Å². The number of ether oxygens (including phenoxy) is 2. The number of barbiturate groups is 1. The van der Waals surface area contributed by atoms with Gasteiger partial charge in [0, 0.05) is 35.4 Å². The van der Waals surface area contributed by atoms with Gasteiger partial charge in [0.25, 0.3) is 0 Å². The van der Waals surface area contributed by atoms with Crippen LogP contribution in [0.2, 0.25) is 10.0 Å². The number of carbonyl (C=O) groups is 5. The van der Waals surface area contributed by atoms with Crippen molar-refractivity contribution >= 4 is 53.0 Å². The van der Waals surface area contributed by atoms with E-state index in [1.807, 2.05) is 0 Å². The van der Waals surface area contributed by atoms with E-state index in [4.69, 9.17) is 32.7 Å². The number of amides is 4. The van der Waals surface area contributed by atoms with Gasteiger partial charge in [-0.3, -0.25) is 19.4 Å². The van der Waals surface area contributed by atoms with E-state index < -0.39 is 35.7 Å². The first kappa shape index (κ1) is 26.9. The Morgan fingerprint density at radius 3 is 1.71 bits per heavy atom. The largest absolute Gasteiger partial charge is 0.465 e. The molecule has 0 atom stereocenters. The lowest BCUT2D eigenvalue weighted by atomic mass is 9.88. The molecule has 12 heteroatoms. The highest BCUT2D eigenvalue weighted by atomic mass is 35.5. The Labute approximate surface area is 227 Å². The Morgan fingerprint density at radius 1 is 0.763 bits per heavy atom. The number of nitrogens with zero attached hydrogens (tertiary/aromatic N) is 3. The summed E-state index contributed by atoms with van der Waals surface area (Å²) in [7, 11) is 4.66. The Bertz CT molecular complexity index is 1460. The van der Waals surface area contributed by atoms with Crippen LogP contribution in [0.3, 0.4) is 0 Å². The van der Waals surface area contributed by atoms with Crippen LogP contribution in [0, 0.1) is 0 Å². The van der Waals surface area contributed by atoms with Crippen molar-refractivity contribution in [3.63, 3.8) is 0 Å². The van der Waals surface area contributed by atoms with Crippen LogP contribution in [0.4, 0.5) is 4.79 Å². The van der Waals surface area contributed by atoms with Crippen LogP contribution in [-0.2, 0) is 19.1 Å². The van der Waals surface area contributed by atoms with Crippen LogP contribution < -0.4 is 0 Å². The molecule has 10 nitrogen and oxygen atoms in total. The minimum Gasteiger partial charge on any atom is -0.465 e. The van der Waals surface area contributed by atoms with E-state index in [-0.39, 0.29) is 22.5 Å². The predicted molar refractivity (Wildman–Crippen MR) is 138 cm³/mol. The number of esters is 2. The summed E-state index contributed by atoms with van der Waals surface area (Å²) in [5, 5.41) is 0.803. The minimum absolute atomic E-state index is 0.129. The molecule has 4 amide bonds. The van der Waals surface area contributed by atoms with Crippen molar-refractivity contribution < 1.29 is 33.4 Å². The molecule has 1 fully saturated rings. The molecule has 4 rings (SSSR count). The Balaban J connectivity index is 2.24. The molecule has 0 spiro atoms. The summed E-state index contributed by atoms with van der Waals surface area (Å²) in [6, 6.07) is 11.8. The molecule has 3 aromatic rings. The first-order valence-corrected chi connectivity index (χ1v) is 11.8. The van der Waals surface area contributed by atoms with Gasteiger partial charge in [0.05, 0.1) is 25.5 Å². The number of hydrogen-bond donors (Lipinski definition) is 0. The maximum atomic E-state index is 13.5. The number of benzene rings is 2. The summed E-state index contributed by atoms with van der Waals surface area (Å²) in [6.07, 6.45) is 0. The molecule has 1 aliphatic rings. The van der Waals surface area contributed by atoms with Crippen molar-refractivity contribution in [2.24, 2.45) is 0 Å². The van der Waals surface area contributed by atoms with Gasteiger partial charge in [-0.2, -0.15) is 0 Å². The second-order valence-electron chi connectivity index (χ2n) is 8.30. The summed E-state index contributed by atoms with van der Waals surface area (Å²) in [5.41, 5.74) is 0.141. The SMILES string of the molecule is COC(=O)c1c(C2C(=O)N(C)C(=O)N(C)C2=O)c(-c2ccc(Cl)cc2)n(-c2ccc(Cl)cc2)c1C(=O)OC. The zero-order chi connectivity index (χ0) is 27.9. The van der Waals surface area contributed by atoms with Crippen molar-refractivity contribution in [1.82, 2.24) is 14.4 Å². The fraction of sp³-hybridized carbons (Fsp3) is 0.192. The van der Waals surface area contributed by atoms with Gasteiger partial charge in [-0.15, -0.1) is 0 Å². The quantitative estimate of drug-likeness (QED) is 0.341. The third-order valence-electron chi connectivity index (χ3n) is 6.20. The monoisotopic (exact) mass is 557 g/mol. The van der Waals surface area contributed by atoms with Gasteiger partial charge in [0.15, 0.2) is 0 Å². The average molecular weight is 558 g/mol. The fourth-order valence-electron chi connectivity index (χ4n) is 4.36. The molecule has 1 aromatic heterocycles. The second-order valence-corrected chi connectivity index (χ2v) is 9.17. The van der Waals surface area contributed by atoms with Crippen molar-refractivity contribution in [2.45, 2.75) is 5.92 Å². The number of carbonyl (C=O) groups excluding carboxylic acids is 5. The van der Waals surface area contributed by atoms with Crippen molar-refractivity contribution in [3.8, 4) is 16.9 Å². The lowest BCUT2D eigenvalue weighted by Crippen LogP contribution is -2.56. The summed E-state index contributed by atoms with van der Waals surface area (Å²) >= 11 is 12.2. The average Bonchev–Trinajstić information content (AvgIpc) is 3.26. The molecule has 0 N–H and O–H groups in total. The van der Waals surface area contributed by atoms with Gasteiger partial charge >= 0.3 is 18.0 Å². The predicted octanol–water partition coefficient (Wildman–Crippen LogP) is 4.16. The molecule has 196 valence electrons. The molecular formula is C26H21Cl2N3O7. The lowest BCUT2D eigenvalue weighted by Gasteiger charge is -2.33. The van der Waals surface area contributed by atoms with Gasteiger partial charge in [0.1, 0.15) is 11.6 Å². The van der Waals surface area contributed by atoms with Crippen LogP contribution in [-0.4, -0.2) is 72.5 Å². The second kappa shape index (κ2) is 10.3. The van der Waals surface area contributed by atoms with Crippen molar-refractivity contribution in [3.05, 3.63) is 75.4 Å². The lowest BCUT2D eigenvalue weighted by molar-refractivity contribution is -0.143. The topological polar surface area (TPSA) is 115 Å². The van der Waals surface area contributed by atoms with E-state index in [1.54, 1.807) is 48.5 Å². The number of rotatable bonds is 5. The standard InChI is InChI=1S/C26H21Cl2N3O7/c1-29-22(32)19(23(33)30(2)26(29)36)17-18(24(34)37-3)21(25(35)38-4)31(16-11-9-15(28)10-12-16)20(17)13-5-7-14(27)8-6-13/h5-12,19H,1-4H3. The highest BCUT2D eigenvalue weighted by Crippen LogP contribution is 2.42. The number of likely N-dealkylation sites (N-methyl/N-ethyl adjacent to an activating group) is 2. The summed E-state index contributed by atoms with van der Waals surface area (Å²) in [4.78, 5) is 67.5. The molecule has 0 bridgehead atoms. The number of aromatic nitrogens is 1. The third kappa shape index (κ3) is 4.31. The third-order valence-corrected chi connectivity index (χ3v) is 6.70. The maximum Gasteiger partial charge on any atom is 0.355 e. The van der Waals surface area contributed by atoms with Crippen LogP contribution in [0.25, 0.3) is 16.9 Å². The highest BCUT2D eigenvalue weighted by Gasteiger charge is 2.49. The first-order valence-electron chi connectivity index (χ1n) is 11.1. The molecule has 2 aromatic carbocycles. The van der Waals surface area contributed by atoms with E-state index in [1.165, 1.54) is 18.7 Å². The van der Waals surface area contributed by atoms with E-state index in [0.717, 1.165) is 24.0 Å². The maximum absolute atomic E-state index is 13.5. The summed E-state index contributed by atoms with van der Waals surface area (Å²) in [5.74, 6) is -5.37. The first-order chi connectivity index (χ1) is 18.0. The van der Waals surface area contributed by atoms with Crippen LogP contribution in [0.1, 0.15) is 32.3 Å². The molecule has 1 aliphatic heterocycles. The smallest absolute Gasteiger partial charge is 0.355 e. The normalized spacial score (nSPS) is 14.2. The fourth-order valence-corrected chi connectivity index (χ4v) is 4.62. The molecule has 0 saturated carbocycles. The number of imide groups is 2. The number of halogens is 2. The zero-order valence-electron chi connectivity index (χ0n) is 20.7. The molecule has 2 heterocycles.